The van der Waals surface area contributed by atoms with Crippen molar-refractivity contribution in [3.05, 3.63) is 23.3 Å². The first-order valence-corrected chi connectivity index (χ1v) is 6.06. The molecule has 2 rings (SSSR count). The molecule has 0 radical (unpaired) electrons. The molecule has 18 heavy (non-hydrogen) atoms. The lowest BCUT2D eigenvalue weighted by Gasteiger charge is -2.20. The van der Waals surface area contributed by atoms with Crippen LogP contribution < -0.4 is 20.5 Å². The number of carbonyl (C=O) groups excluding carboxylic acids is 1. The van der Waals surface area contributed by atoms with Crippen LogP contribution >= 0.6 is 0 Å². The van der Waals surface area contributed by atoms with Crippen molar-refractivity contribution in [2.45, 2.75) is 19.9 Å². The lowest BCUT2D eigenvalue weighted by Crippen LogP contribution is -2.25. The number of carbonyl (C=O) groups is 1. The van der Waals surface area contributed by atoms with E-state index >= 15 is 0 Å². The van der Waals surface area contributed by atoms with Crippen molar-refractivity contribution in [2.24, 2.45) is 5.73 Å². The highest BCUT2D eigenvalue weighted by Crippen LogP contribution is 2.32. The number of amides is 1. The van der Waals surface area contributed by atoms with Crippen LogP contribution in [0.25, 0.3) is 0 Å². The number of benzene rings is 1. The molecule has 1 aliphatic heterocycles. The summed E-state index contributed by atoms with van der Waals surface area (Å²) < 4.78 is 11.0. The number of nitrogens with two attached hydrogens (primary N) is 1. The largest absolute Gasteiger partial charge is 0.486 e. The fraction of sp³-hybridized carbons (Fsp3) is 0.462. The number of rotatable bonds is 4. The van der Waals surface area contributed by atoms with Gasteiger partial charge >= 0.3 is 0 Å². The number of hydrogen-bond acceptors (Lipinski definition) is 4. The Bertz CT molecular complexity index is 446. The molecule has 0 aliphatic carbocycles. The lowest BCUT2D eigenvalue weighted by molar-refractivity contribution is -0.121. The summed E-state index contributed by atoms with van der Waals surface area (Å²) in [6, 6.07) is 3.87. The van der Waals surface area contributed by atoms with Crippen molar-refractivity contribution in [3.8, 4) is 11.5 Å². The van der Waals surface area contributed by atoms with Gasteiger partial charge in [0.25, 0.3) is 0 Å². The molecule has 0 bridgehead atoms. The average molecular weight is 250 g/mol. The molecular weight excluding hydrogens is 232 g/mol. The molecule has 0 saturated heterocycles. The maximum atomic E-state index is 11.4. The van der Waals surface area contributed by atoms with Gasteiger partial charge in [0.1, 0.15) is 13.2 Å². The Morgan fingerprint density at radius 3 is 2.67 bits per heavy atom. The van der Waals surface area contributed by atoms with E-state index < -0.39 is 0 Å². The highest BCUT2D eigenvalue weighted by molar-refractivity contribution is 5.76. The maximum absolute atomic E-state index is 11.4. The van der Waals surface area contributed by atoms with Crippen LogP contribution in [0.3, 0.4) is 0 Å². The molecule has 98 valence electrons. The van der Waals surface area contributed by atoms with Crippen molar-refractivity contribution < 1.29 is 14.3 Å². The van der Waals surface area contributed by atoms with Gasteiger partial charge in [0.05, 0.1) is 0 Å². The number of fused-ring (bicyclic) bond motifs is 1. The minimum Gasteiger partial charge on any atom is -0.486 e. The third kappa shape index (κ3) is 2.92. The second kappa shape index (κ2) is 5.73. The van der Waals surface area contributed by atoms with Gasteiger partial charge in [-0.25, -0.2) is 0 Å². The predicted octanol–water partition coefficient (Wildman–Crippen LogP) is 0.731. The van der Waals surface area contributed by atoms with Crippen molar-refractivity contribution in [2.75, 3.05) is 19.8 Å². The van der Waals surface area contributed by atoms with Gasteiger partial charge < -0.3 is 20.5 Å². The Labute approximate surface area is 106 Å². The molecule has 0 aromatic heterocycles. The van der Waals surface area contributed by atoms with E-state index in [9.17, 15) is 4.79 Å². The lowest BCUT2D eigenvalue weighted by atomic mass is 10.1. The normalized spacial score (nSPS) is 13.2. The fourth-order valence-electron chi connectivity index (χ4n) is 1.84. The third-order valence-corrected chi connectivity index (χ3v) is 2.85. The van der Waals surface area contributed by atoms with Crippen molar-refractivity contribution in [3.63, 3.8) is 0 Å². The van der Waals surface area contributed by atoms with E-state index in [1.807, 2.05) is 19.1 Å². The van der Waals surface area contributed by atoms with Gasteiger partial charge in [-0.3, -0.25) is 4.79 Å². The first kappa shape index (κ1) is 12.7. The number of ether oxygens (including phenoxy) is 2. The van der Waals surface area contributed by atoms with Crippen LogP contribution in [0, 0.1) is 6.92 Å². The van der Waals surface area contributed by atoms with Crippen LogP contribution in [0.2, 0.25) is 0 Å². The highest BCUT2D eigenvalue weighted by Gasteiger charge is 2.14. The van der Waals surface area contributed by atoms with Crippen molar-refractivity contribution in [1.82, 2.24) is 5.32 Å². The summed E-state index contributed by atoms with van der Waals surface area (Å²) in [6.45, 7) is 3.99. The molecule has 0 fully saturated rings. The van der Waals surface area contributed by atoms with Gasteiger partial charge in [0.15, 0.2) is 11.5 Å². The van der Waals surface area contributed by atoms with E-state index in [0.29, 0.717) is 32.7 Å². The first-order chi connectivity index (χ1) is 8.70. The molecule has 0 spiro atoms. The summed E-state index contributed by atoms with van der Waals surface area (Å²) in [5.41, 5.74) is 7.43. The monoisotopic (exact) mass is 250 g/mol. The SMILES string of the molecule is Cc1cc2c(cc1CNC(=O)CCN)OCCO2. The quantitative estimate of drug-likeness (QED) is 0.826. The standard InChI is InChI=1S/C13H18N2O3/c1-9-6-11-12(18-5-4-17-11)7-10(9)8-15-13(16)2-3-14/h6-7H,2-5,8,14H2,1H3,(H,15,16). The Hall–Kier alpha value is -1.75. The van der Waals surface area contributed by atoms with Crippen LogP contribution in [0.1, 0.15) is 17.5 Å². The number of hydrogen-bond donors (Lipinski definition) is 2. The van der Waals surface area contributed by atoms with Gasteiger partial charge in [-0.2, -0.15) is 0 Å². The van der Waals surface area contributed by atoms with E-state index in [1.54, 1.807) is 0 Å². The Morgan fingerprint density at radius 1 is 1.33 bits per heavy atom. The van der Waals surface area contributed by atoms with Gasteiger partial charge in [0.2, 0.25) is 5.91 Å². The van der Waals surface area contributed by atoms with E-state index in [0.717, 1.165) is 22.6 Å². The molecule has 5 heteroatoms. The van der Waals surface area contributed by atoms with Crippen LogP contribution in [0.15, 0.2) is 12.1 Å². The van der Waals surface area contributed by atoms with Crippen LogP contribution in [0.5, 0.6) is 11.5 Å². The van der Waals surface area contributed by atoms with Crippen molar-refractivity contribution >= 4 is 5.91 Å². The first-order valence-electron chi connectivity index (χ1n) is 6.06. The zero-order valence-electron chi connectivity index (χ0n) is 10.5. The Morgan fingerprint density at radius 2 is 2.00 bits per heavy atom. The minimum atomic E-state index is -0.0354. The molecule has 1 aromatic rings. The minimum absolute atomic E-state index is 0.0354. The zero-order chi connectivity index (χ0) is 13.0. The van der Waals surface area contributed by atoms with Crippen LogP contribution in [0.4, 0.5) is 0 Å². The molecular formula is C13H18N2O3. The van der Waals surface area contributed by atoms with Gasteiger partial charge in [-0.05, 0) is 30.2 Å². The molecule has 1 heterocycles. The molecule has 1 aliphatic rings. The van der Waals surface area contributed by atoms with Crippen LogP contribution in [-0.4, -0.2) is 25.7 Å². The number of aryl methyl sites for hydroxylation is 1. The summed E-state index contributed by atoms with van der Waals surface area (Å²) in [6.07, 6.45) is 0.351. The summed E-state index contributed by atoms with van der Waals surface area (Å²) >= 11 is 0. The zero-order valence-corrected chi connectivity index (χ0v) is 10.5. The highest BCUT2D eigenvalue weighted by atomic mass is 16.6. The summed E-state index contributed by atoms with van der Waals surface area (Å²) in [4.78, 5) is 11.4. The second-order valence-corrected chi connectivity index (χ2v) is 4.24. The molecule has 1 amide bonds. The van der Waals surface area contributed by atoms with E-state index in [1.165, 1.54) is 0 Å². The fourth-order valence-corrected chi connectivity index (χ4v) is 1.84. The third-order valence-electron chi connectivity index (χ3n) is 2.85. The molecule has 5 nitrogen and oxygen atoms in total. The molecule has 0 unspecified atom stereocenters. The average Bonchev–Trinajstić information content (AvgIpc) is 2.36. The maximum Gasteiger partial charge on any atom is 0.221 e. The Balaban J connectivity index is 2.06. The second-order valence-electron chi connectivity index (χ2n) is 4.24. The van der Waals surface area contributed by atoms with E-state index in [4.69, 9.17) is 15.2 Å². The number of nitrogens with one attached hydrogen (secondary N) is 1. The molecule has 3 N–H and O–H groups in total. The van der Waals surface area contributed by atoms with Gasteiger partial charge in [0, 0.05) is 19.5 Å². The summed E-state index contributed by atoms with van der Waals surface area (Å²) in [5.74, 6) is 1.48. The van der Waals surface area contributed by atoms with Crippen molar-refractivity contribution in [1.29, 1.82) is 0 Å². The van der Waals surface area contributed by atoms with Crippen LogP contribution in [-0.2, 0) is 11.3 Å². The molecule has 0 atom stereocenters. The van der Waals surface area contributed by atoms with E-state index in [-0.39, 0.29) is 5.91 Å². The molecule has 1 aromatic carbocycles. The van der Waals surface area contributed by atoms with Gasteiger partial charge in [-0.15, -0.1) is 0 Å². The predicted molar refractivity (Wildman–Crippen MR) is 67.7 cm³/mol. The van der Waals surface area contributed by atoms with Gasteiger partial charge in [-0.1, -0.05) is 0 Å². The van der Waals surface area contributed by atoms with E-state index in [2.05, 4.69) is 5.32 Å². The summed E-state index contributed by atoms with van der Waals surface area (Å²) in [5, 5.41) is 2.83. The smallest absolute Gasteiger partial charge is 0.221 e. The summed E-state index contributed by atoms with van der Waals surface area (Å²) in [7, 11) is 0. The topological polar surface area (TPSA) is 73.6 Å². The molecule has 0 saturated carbocycles. The Kier molecular flexibility index (Phi) is 4.04.